The van der Waals surface area contributed by atoms with Gasteiger partial charge < -0.3 is 15.1 Å². The molecule has 1 aliphatic rings. The van der Waals surface area contributed by atoms with Crippen molar-refractivity contribution in [3.63, 3.8) is 0 Å². The summed E-state index contributed by atoms with van der Waals surface area (Å²) < 4.78 is 0. The van der Waals surface area contributed by atoms with Gasteiger partial charge in [-0.25, -0.2) is 9.97 Å². The maximum Gasteiger partial charge on any atom is 0.261 e. The first-order chi connectivity index (χ1) is 16.1. The lowest BCUT2D eigenvalue weighted by Gasteiger charge is -2.33. The minimum Gasteiger partial charge on any atom is -0.353 e. The monoisotopic (exact) mass is 466 g/mol. The molecule has 0 aliphatic carbocycles. The molecule has 3 heterocycles. The van der Waals surface area contributed by atoms with Crippen LogP contribution in [0.15, 0.2) is 36.7 Å². The van der Waals surface area contributed by atoms with E-state index in [2.05, 4.69) is 68.2 Å². The Balaban J connectivity index is 1.36. The van der Waals surface area contributed by atoms with Crippen molar-refractivity contribution in [1.82, 2.24) is 25.1 Å². The van der Waals surface area contributed by atoms with Crippen LogP contribution in [-0.2, 0) is 6.54 Å². The van der Waals surface area contributed by atoms with Crippen LogP contribution >= 0.6 is 11.3 Å². The number of likely N-dealkylation sites (N-methyl/N-ethyl adjacent to an activating group) is 1. The molecular weight excluding hydrogens is 432 g/mol. The number of benzene rings is 1. The molecule has 7 nitrogen and oxygen atoms in total. The molecule has 3 aromatic rings. The van der Waals surface area contributed by atoms with E-state index in [-0.39, 0.29) is 5.91 Å². The summed E-state index contributed by atoms with van der Waals surface area (Å²) >= 11 is 1.47. The van der Waals surface area contributed by atoms with Crippen molar-refractivity contribution in [2.75, 3.05) is 57.8 Å². The molecule has 1 aromatic carbocycles. The molecule has 1 amide bonds. The van der Waals surface area contributed by atoms with E-state index in [1.165, 1.54) is 16.9 Å². The van der Waals surface area contributed by atoms with Crippen LogP contribution in [-0.4, -0.2) is 78.5 Å². The largest absolute Gasteiger partial charge is 0.353 e. The molecule has 1 aliphatic heterocycles. The fourth-order valence-corrected chi connectivity index (χ4v) is 5.36. The van der Waals surface area contributed by atoms with Gasteiger partial charge in [0.2, 0.25) is 0 Å². The number of hydrogen-bond donors (Lipinski definition) is 1. The van der Waals surface area contributed by atoms with Crippen LogP contribution in [0.3, 0.4) is 0 Å². The molecule has 0 radical (unpaired) electrons. The Hall–Kier alpha value is -2.55. The Morgan fingerprint density at radius 1 is 1.15 bits per heavy atom. The summed E-state index contributed by atoms with van der Waals surface area (Å²) in [5.41, 5.74) is 2.31. The highest BCUT2D eigenvalue weighted by Crippen LogP contribution is 2.35. The Morgan fingerprint density at radius 3 is 2.64 bits per heavy atom. The van der Waals surface area contributed by atoms with Gasteiger partial charge in [0.05, 0.1) is 10.3 Å². The van der Waals surface area contributed by atoms with Crippen molar-refractivity contribution in [1.29, 1.82) is 0 Å². The first-order valence-corrected chi connectivity index (χ1v) is 12.6. The van der Waals surface area contributed by atoms with Crippen LogP contribution in [0, 0.1) is 6.92 Å². The van der Waals surface area contributed by atoms with E-state index in [9.17, 15) is 4.79 Å². The lowest BCUT2D eigenvalue weighted by atomic mass is 10.1. The van der Waals surface area contributed by atoms with Crippen molar-refractivity contribution in [2.24, 2.45) is 0 Å². The Morgan fingerprint density at radius 2 is 1.91 bits per heavy atom. The quantitative estimate of drug-likeness (QED) is 0.488. The molecule has 0 atom stereocenters. The zero-order valence-corrected chi connectivity index (χ0v) is 20.7. The summed E-state index contributed by atoms with van der Waals surface area (Å²) in [6.45, 7) is 11.7. The molecular formula is C25H34N6OS. The van der Waals surface area contributed by atoms with Crippen LogP contribution in [0.25, 0.3) is 10.2 Å². The van der Waals surface area contributed by atoms with Gasteiger partial charge in [-0.1, -0.05) is 37.3 Å². The molecule has 4 rings (SSSR count). The van der Waals surface area contributed by atoms with Gasteiger partial charge in [-0.05, 0) is 38.1 Å². The average Bonchev–Trinajstić information content (AvgIpc) is 3.19. The number of carbonyl (C=O) groups is 1. The Labute approximate surface area is 200 Å². The summed E-state index contributed by atoms with van der Waals surface area (Å²) in [6, 6.07) is 10.5. The van der Waals surface area contributed by atoms with Crippen molar-refractivity contribution in [3.05, 3.63) is 52.7 Å². The molecule has 0 spiro atoms. The number of fused-ring (bicyclic) bond motifs is 1. The van der Waals surface area contributed by atoms with E-state index in [4.69, 9.17) is 0 Å². The number of thiophene rings is 1. The van der Waals surface area contributed by atoms with Gasteiger partial charge in [-0.15, -0.1) is 11.3 Å². The second-order valence-electron chi connectivity index (χ2n) is 8.69. The molecule has 0 saturated carbocycles. The van der Waals surface area contributed by atoms with Crippen LogP contribution in [0.5, 0.6) is 0 Å². The minimum absolute atomic E-state index is 0.00839. The smallest absolute Gasteiger partial charge is 0.261 e. The summed E-state index contributed by atoms with van der Waals surface area (Å²) in [6.07, 6.45) is 2.54. The molecule has 8 heteroatoms. The first-order valence-electron chi connectivity index (χ1n) is 11.8. The number of nitrogens with one attached hydrogen (secondary N) is 1. The third-order valence-electron chi connectivity index (χ3n) is 6.35. The normalized spacial score (nSPS) is 14.8. The minimum atomic E-state index is -0.00839. The van der Waals surface area contributed by atoms with Gasteiger partial charge in [0.15, 0.2) is 0 Å². The second kappa shape index (κ2) is 11.0. The highest BCUT2D eigenvalue weighted by atomic mass is 32.1. The SMILES string of the molecule is CCN(CCCNC(=O)c1sc2ncnc(N3CCN(C)CC3)c2c1C)Cc1ccccc1. The topological polar surface area (TPSA) is 64.6 Å². The zero-order valence-electron chi connectivity index (χ0n) is 19.9. The van der Waals surface area contributed by atoms with Gasteiger partial charge in [0.25, 0.3) is 5.91 Å². The van der Waals surface area contributed by atoms with Gasteiger partial charge >= 0.3 is 0 Å². The van der Waals surface area contributed by atoms with Crippen LogP contribution in [0.1, 0.15) is 34.1 Å². The highest BCUT2D eigenvalue weighted by molar-refractivity contribution is 7.20. The lowest BCUT2D eigenvalue weighted by Crippen LogP contribution is -2.44. The average molecular weight is 467 g/mol. The van der Waals surface area contributed by atoms with Crippen molar-refractivity contribution in [3.8, 4) is 0 Å². The zero-order chi connectivity index (χ0) is 23.2. The van der Waals surface area contributed by atoms with E-state index in [0.29, 0.717) is 6.54 Å². The number of amides is 1. The predicted octanol–water partition coefficient (Wildman–Crippen LogP) is 3.39. The highest BCUT2D eigenvalue weighted by Gasteiger charge is 2.23. The first kappa shape index (κ1) is 23.6. The maximum atomic E-state index is 13.0. The van der Waals surface area contributed by atoms with Crippen LogP contribution < -0.4 is 10.2 Å². The van der Waals surface area contributed by atoms with E-state index in [0.717, 1.165) is 78.7 Å². The maximum absolute atomic E-state index is 13.0. The molecule has 1 N–H and O–H groups in total. The Bertz CT molecular complexity index is 1060. The third kappa shape index (κ3) is 5.69. The van der Waals surface area contributed by atoms with E-state index < -0.39 is 0 Å². The third-order valence-corrected chi connectivity index (χ3v) is 7.55. The number of carbonyl (C=O) groups excluding carboxylic acids is 1. The van der Waals surface area contributed by atoms with Gasteiger partial charge in [0, 0.05) is 45.8 Å². The van der Waals surface area contributed by atoms with Crippen LogP contribution in [0.2, 0.25) is 0 Å². The van der Waals surface area contributed by atoms with Crippen LogP contribution in [0.4, 0.5) is 5.82 Å². The number of anilines is 1. The predicted molar refractivity (Wildman–Crippen MR) is 136 cm³/mol. The van der Waals surface area contributed by atoms with Crippen molar-refractivity contribution < 1.29 is 4.79 Å². The van der Waals surface area contributed by atoms with Gasteiger partial charge in [-0.3, -0.25) is 9.69 Å². The fraction of sp³-hybridized carbons (Fsp3) is 0.480. The summed E-state index contributed by atoms with van der Waals surface area (Å²) in [5.74, 6) is 0.950. The fourth-order valence-electron chi connectivity index (χ4n) is 4.30. The molecule has 33 heavy (non-hydrogen) atoms. The summed E-state index contributed by atoms with van der Waals surface area (Å²) in [4.78, 5) is 30.7. The molecule has 0 bridgehead atoms. The number of nitrogens with zero attached hydrogens (tertiary/aromatic N) is 5. The molecule has 1 saturated heterocycles. The number of aryl methyl sites for hydroxylation is 1. The van der Waals surface area contributed by atoms with E-state index in [1.54, 1.807) is 6.33 Å². The van der Waals surface area contributed by atoms with Crippen molar-refractivity contribution in [2.45, 2.75) is 26.8 Å². The van der Waals surface area contributed by atoms with Gasteiger partial charge in [-0.2, -0.15) is 0 Å². The standard InChI is InChI=1S/C25H34N6OS/c1-4-30(17-20-9-6-5-7-10-20)12-8-11-26-24(32)22-19(2)21-23(27-18-28-25(21)33-22)31-15-13-29(3)14-16-31/h5-7,9-10,18H,4,8,11-17H2,1-3H3,(H,26,32). The molecule has 176 valence electrons. The number of piperazine rings is 1. The molecule has 1 fully saturated rings. The summed E-state index contributed by atoms with van der Waals surface area (Å²) in [5, 5.41) is 4.15. The Kier molecular flexibility index (Phi) is 7.90. The number of rotatable bonds is 9. The van der Waals surface area contributed by atoms with Crippen molar-refractivity contribution >= 4 is 33.3 Å². The van der Waals surface area contributed by atoms with E-state index in [1.807, 2.05) is 13.0 Å². The second-order valence-corrected chi connectivity index (χ2v) is 9.69. The summed E-state index contributed by atoms with van der Waals surface area (Å²) in [7, 11) is 2.15. The number of aromatic nitrogens is 2. The lowest BCUT2D eigenvalue weighted by molar-refractivity contribution is 0.0955. The van der Waals surface area contributed by atoms with Gasteiger partial charge in [0.1, 0.15) is 17.0 Å². The molecule has 2 aromatic heterocycles. The van der Waals surface area contributed by atoms with E-state index >= 15 is 0 Å². The number of hydrogen-bond acceptors (Lipinski definition) is 7. The molecule has 0 unspecified atom stereocenters.